The highest BCUT2D eigenvalue weighted by Gasteiger charge is 2.26. The molecule has 1 amide bonds. The molecule has 4 heteroatoms. The van der Waals surface area contributed by atoms with Gasteiger partial charge in [-0.05, 0) is 36.8 Å². The zero-order valence-corrected chi connectivity index (χ0v) is 12.8. The van der Waals surface area contributed by atoms with Gasteiger partial charge in [-0.15, -0.1) is 0 Å². The largest absolute Gasteiger partial charge is 0.397 e. The molecule has 2 atom stereocenters. The molecule has 0 bridgehead atoms. The Morgan fingerprint density at radius 2 is 2.19 bits per heavy atom. The van der Waals surface area contributed by atoms with Crippen molar-refractivity contribution < 1.29 is 4.79 Å². The van der Waals surface area contributed by atoms with Gasteiger partial charge in [-0.1, -0.05) is 31.9 Å². The van der Waals surface area contributed by atoms with E-state index in [-0.39, 0.29) is 5.91 Å². The van der Waals surface area contributed by atoms with Gasteiger partial charge in [0.05, 0.1) is 17.9 Å². The van der Waals surface area contributed by atoms with Crippen LogP contribution < -0.4 is 16.0 Å². The van der Waals surface area contributed by atoms with Crippen LogP contribution in [0.3, 0.4) is 0 Å². The zero-order valence-electron chi connectivity index (χ0n) is 12.8. The Bertz CT molecular complexity index is 529. The molecule has 1 fully saturated rings. The van der Waals surface area contributed by atoms with Crippen LogP contribution in [0.15, 0.2) is 18.2 Å². The van der Waals surface area contributed by atoms with Crippen molar-refractivity contribution in [1.82, 2.24) is 5.32 Å². The Morgan fingerprint density at radius 3 is 3.00 bits per heavy atom. The summed E-state index contributed by atoms with van der Waals surface area (Å²) in [4.78, 5) is 14.5. The molecule has 0 aromatic heterocycles. The summed E-state index contributed by atoms with van der Waals surface area (Å²) in [6, 6.07) is 6.36. The monoisotopic (exact) mass is 287 g/mol. The maximum absolute atomic E-state index is 12.3. The van der Waals surface area contributed by atoms with Crippen LogP contribution in [-0.4, -0.2) is 25.0 Å². The minimum Gasteiger partial charge on any atom is -0.397 e. The fourth-order valence-electron chi connectivity index (χ4n) is 3.68. The molecule has 1 aliphatic heterocycles. The molecule has 1 aromatic rings. The van der Waals surface area contributed by atoms with Crippen LogP contribution in [0.1, 0.15) is 38.2 Å². The van der Waals surface area contributed by atoms with Gasteiger partial charge in [0.15, 0.2) is 0 Å². The van der Waals surface area contributed by atoms with Gasteiger partial charge in [-0.2, -0.15) is 0 Å². The quantitative estimate of drug-likeness (QED) is 0.839. The van der Waals surface area contributed by atoms with Gasteiger partial charge in [0, 0.05) is 12.6 Å². The molecule has 3 N–H and O–H groups in total. The number of nitrogen functional groups attached to an aromatic ring is 1. The molecule has 2 aliphatic rings. The Balaban J connectivity index is 1.62. The van der Waals surface area contributed by atoms with E-state index in [1.54, 1.807) is 0 Å². The number of benzene rings is 1. The van der Waals surface area contributed by atoms with Gasteiger partial charge in [0.25, 0.3) is 0 Å². The Labute approximate surface area is 126 Å². The number of anilines is 2. The zero-order chi connectivity index (χ0) is 14.8. The van der Waals surface area contributed by atoms with Crippen LogP contribution >= 0.6 is 0 Å². The van der Waals surface area contributed by atoms with Crippen LogP contribution in [0.2, 0.25) is 0 Å². The van der Waals surface area contributed by atoms with Crippen molar-refractivity contribution in [2.24, 2.45) is 5.92 Å². The number of carbonyl (C=O) groups is 1. The third-order valence-corrected chi connectivity index (χ3v) is 4.91. The first kappa shape index (κ1) is 14.2. The lowest BCUT2D eigenvalue weighted by atomic mass is 9.86. The Morgan fingerprint density at radius 1 is 1.38 bits per heavy atom. The van der Waals surface area contributed by atoms with Crippen molar-refractivity contribution in [3.05, 3.63) is 23.8 Å². The van der Waals surface area contributed by atoms with Gasteiger partial charge in [-0.3, -0.25) is 4.79 Å². The van der Waals surface area contributed by atoms with E-state index in [2.05, 4.69) is 23.2 Å². The maximum Gasteiger partial charge on any atom is 0.239 e. The van der Waals surface area contributed by atoms with Crippen LogP contribution in [0.5, 0.6) is 0 Å². The summed E-state index contributed by atoms with van der Waals surface area (Å²) >= 11 is 0. The minimum atomic E-state index is 0.129. The predicted octanol–water partition coefficient (Wildman–Crippen LogP) is 2.33. The standard InChI is InChI=1S/C17H25N3O/c1-12-5-2-3-8-15(12)19-16(21)11-20-10-9-13-6-4-7-14(18)17(13)20/h4,6-7,12,15H,2-3,5,8-11,18H2,1H3,(H,19,21). The number of hydrogen-bond donors (Lipinski definition) is 2. The molecule has 114 valence electrons. The lowest BCUT2D eigenvalue weighted by molar-refractivity contribution is -0.121. The molecule has 0 saturated heterocycles. The molecule has 0 spiro atoms. The van der Waals surface area contributed by atoms with Gasteiger partial charge in [0.1, 0.15) is 0 Å². The molecular formula is C17H25N3O. The first-order valence-corrected chi connectivity index (χ1v) is 8.07. The Kier molecular flexibility index (Phi) is 4.04. The third kappa shape index (κ3) is 2.99. The van der Waals surface area contributed by atoms with Crippen molar-refractivity contribution in [3.63, 3.8) is 0 Å². The van der Waals surface area contributed by atoms with Crippen molar-refractivity contribution in [2.75, 3.05) is 23.7 Å². The van der Waals surface area contributed by atoms with Crippen molar-refractivity contribution >= 4 is 17.3 Å². The smallest absolute Gasteiger partial charge is 0.239 e. The number of amides is 1. The minimum absolute atomic E-state index is 0.129. The van der Waals surface area contributed by atoms with Crippen molar-refractivity contribution in [3.8, 4) is 0 Å². The summed E-state index contributed by atoms with van der Waals surface area (Å²) < 4.78 is 0. The van der Waals surface area contributed by atoms with Gasteiger partial charge < -0.3 is 16.0 Å². The fourth-order valence-corrected chi connectivity index (χ4v) is 3.68. The second-order valence-corrected chi connectivity index (χ2v) is 6.46. The first-order chi connectivity index (χ1) is 10.1. The number of rotatable bonds is 3. The predicted molar refractivity (Wildman–Crippen MR) is 86.3 cm³/mol. The number of fused-ring (bicyclic) bond motifs is 1. The number of hydrogen-bond acceptors (Lipinski definition) is 3. The topological polar surface area (TPSA) is 58.4 Å². The van der Waals surface area contributed by atoms with Crippen molar-refractivity contribution in [2.45, 2.75) is 45.1 Å². The molecule has 1 aliphatic carbocycles. The summed E-state index contributed by atoms with van der Waals surface area (Å²) in [5.41, 5.74) is 9.17. The summed E-state index contributed by atoms with van der Waals surface area (Å²) in [6.07, 6.45) is 5.85. The first-order valence-electron chi connectivity index (χ1n) is 8.07. The van der Waals surface area contributed by atoms with Gasteiger partial charge >= 0.3 is 0 Å². The summed E-state index contributed by atoms with van der Waals surface area (Å²) in [6.45, 7) is 3.55. The SMILES string of the molecule is CC1CCCCC1NC(=O)CN1CCc2cccc(N)c21. The van der Waals surface area contributed by atoms with E-state index >= 15 is 0 Å². The second kappa shape index (κ2) is 5.96. The summed E-state index contributed by atoms with van der Waals surface area (Å²) in [5, 5.41) is 3.22. The highest BCUT2D eigenvalue weighted by Crippen LogP contribution is 2.33. The second-order valence-electron chi connectivity index (χ2n) is 6.46. The van der Waals surface area contributed by atoms with Crippen LogP contribution in [-0.2, 0) is 11.2 Å². The van der Waals surface area contributed by atoms with E-state index in [0.717, 1.165) is 30.8 Å². The molecule has 2 unspecified atom stereocenters. The number of nitrogens with zero attached hydrogens (tertiary/aromatic N) is 1. The maximum atomic E-state index is 12.3. The Hall–Kier alpha value is -1.71. The molecule has 1 saturated carbocycles. The van der Waals surface area contributed by atoms with E-state index in [1.807, 2.05) is 12.1 Å². The highest BCUT2D eigenvalue weighted by molar-refractivity contribution is 5.85. The average molecular weight is 287 g/mol. The molecular weight excluding hydrogens is 262 g/mol. The van der Waals surface area contributed by atoms with Crippen LogP contribution in [0.4, 0.5) is 11.4 Å². The van der Waals surface area contributed by atoms with Crippen LogP contribution in [0, 0.1) is 5.92 Å². The summed E-state index contributed by atoms with van der Waals surface area (Å²) in [7, 11) is 0. The number of carbonyl (C=O) groups excluding carboxylic acids is 1. The van der Waals surface area contributed by atoms with Crippen molar-refractivity contribution in [1.29, 1.82) is 0 Å². The molecule has 0 radical (unpaired) electrons. The van der Waals surface area contributed by atoms with E-state index < -0.39 is 0 Å². The van der Waals surface area contributed by atoms with Gasteiger partial charge in [-0.25, -0.2) is 0 Å². The molecule has 1 heterocycles. The normalized spacial score (nSPS) is 24.7. The van der Waals surface area contributed by atoms with Crippen LogP contribution in [0.25, 0.3) is 0 Å². The number of nitrogens with two attached hydrogens (primary N) is 1. The lowest BCUT2D eigenvalue weighted by Crippen LogP contribution is -2.45. The van der Waals surface area contributed by atoms with E-state index in [1.165, 1.54) is 24.8 Å². The number of nitrogens with one attached hydrogen (secondary N) is 1. The van der Waals surface area contributed by atoms with E-state index in [0.29, 0.717) is 18.5 Å². The third-order valence-electron chi connectivity index (χ3n) is 4.91. The van der Waals surface area contributed by atoms with E-state index in [9.17, 15) is 4.79 Å². The molecule has 21 heavy (non-hydrogen) atoms. The fraction of sp³-hybridized carbons (Fsp3) is 0.588. The molecule has 3 rings (SSSR count). The summed E-state index contributed by atoms with van der Waals surface area (Å²) in [5.74, 6) is 0.725. The molecule has 1 aromatic carbocycles. The molecule has 4 nitrogen and oxygen atoms in total. The number of para-hydroxylation sites is 1. The average Bonchev–Trinajstić information content (AvgIpc) is 2.86. The highest BCUT2D eigenvalue weighted by atomic mass is 16.2. The van der Waals surface area contributed by atoms with Gasteiger partial charge in [0.2, 0.25) is 5.91 Å². The lowest BCUT2D eigenvalue weighted by Gasteiger charge is -2.30. The van der Waals surface area contributed by atoms with E-state index in [4.69, 9.17) is 5.73 Å².